The van der Waals surface area contributed by atoms with Gasteiger partial charge in [-0.05, 0) is 51.3 Å². The van der Waals surface area contributed by atoms with Gasteiger partial charge in [0.2, 0.25) is 21.8 Å². The first-order valence-corrected chi connectivity index (χ1v) is 14.3. The largest absolute Gasteiger partial charge is 0.492 e. The van der Waals surface area contributed by atoms with Gasteiger partial charge in [0.1, 0.15) is 11.8 Å². The van der Waals surface area contributed by atoms with Crippen LogP contribution in [0.5, 0.6) is 5.75 Å². The van der Waals surface area contributed by atoms with Crippen molar-refractivity contribution in [2.24, 2.45) is 0 Å². The second kappa shape index (κ2) is 13.9. The van der Waals surface area contributed by atoms with E-state index in [4.69, 9.17) is 4.74 Å². The maximum atomic E-state index is 13.4. The molecule has 0 aliphatic carbocycles. The van der Waals surface area contributed by atoms with Gasteiger partial charge in [0.25, 0.3) is 0 Å². The van der Waals surface area contributed by atoms with Gasteiger partial charge in [0.05, 0.1) is 18.6 Å². The zero-order valence-electron chi connectivity index (χ0n) is 21.9. The molecular formula is C27H39N3O5S. The molecule has 2 amide bonds. The molecule has 0 bridgehead atoms. The Hall–Kier alpha value is -3.07. The predicted molar refractivity (Wildman–Crippen MR) is 143 cm³/mol. The normalized spacial score (nSPS) is 12.2. The van der Waals surface area contributed by atoms with Crippen LogP contribution in [0.2, 0.25) is 0 Å². The lowest BCUT2D eigenvalue weighted by atomic mass is 10.1. The van der Waals surface area contributed by atoms with Crippen LogP contribution >= 0.6 is 0 Å². The molecule has 0 aliphatic heterocycles. The molecule has 1 unspecified atom stereocenters. The minimum absolute atomic E-state index is 0.0473. The van der Waals surface area contributed by atoms with Crippen LogP contribution in [-0.2, 0) is 26.2 Å². The molecule has 0 radical (unpaired) electrons. The first-order chi connectivity index (χ1) is 17.1. The molecule has 2 rings (SSSR count). The number of nitrogens with one attached hydrogen (secondary N) is 1. The Morgan fingerprint density at radius 3 is 2.22 bits per heavy atom. The molecule has 0 spiro atoms. The number of benzene rings is 2. The number of ether oxygens (including phenoxy) is 1. The van der Waals surface area contributed by atoms with E-state index < -0.39 is 16.1 Å². The van der Waals surface area contributed by atoms with Crippen LogP contribution in [0.1, 0.15) is 52.5 Å². The van der Waals surface area contributed by atoms with Gasteiger partial charge in [0, 0.05) is 25.6 Å². The fourth-order valence-electron chi connectivity index (χ4n) is 4.00. The monoisotopic (exact) mass is 517 g/mol. The Morgan fingerprint density at radius 1 is 1.00 bits per heavy atom. The minimum atomic E-state index is -3.61. The van der Waals surface area contributed by atoms with Crippen LogP contribution < -0.4 is 14.4 Å². The maximum absolute atomic E-state index is 13.4. The van der Waals surface area contributed by atoms with Crippen molar-refractivity contribution in [2.45, 2.75) is 65.6 Å². The number of para-hydroxylation sites is 2. The summed E-state index contributed by atoms with van der Waals surface area (Å²) >= 11 is 0. The number of carbonyl (C=O) groups excluding carboxylic acids is 2. The highest BCUT2D eigenvalue weighted by atomic mass is 32.2. The fourth-order valence-corrected chi connectivity index (χ4v) is 4.97. The summed E-state index contributed by atoms with van der Waals surface area (Å²) in [5.41, 5.74) is 1.36. The number of amides is 2. The molecule has 8 nitrogen and oxygen atoms in total. The maximum Gasteiger partial charge on any atom is 0.243 e. The van der Waals surface area contributed by atoms with Crippen molar-refractivity contribution in [1.29, 1.82) is 0 Å². The molecule has 9 heteroatoms. The summed E-state index contributed by atoms with van der Waals surface area (Å²) in [6, 6.07) is 15.8. The summed E-state index contributed by atoms with van der Waals surface area (Å²) in [5, 5.41) is 2.91. The first-order valence-electron chi connectivity index (χ1n) is 12.4. The first kappa shape index (κ1) is 29.2. The number of anilines is 1. The number of carbonyl (C=O) groups is 2. The molecule has 0 fully saturated rings. The van der Waals surface area contributed by atoms with Crippen molar-refractivity contribution in [2.75, 3.05) is 23.7 Å². The minimum Gasteiger partial charge on any atom is -0.492 e. The zero-order chi connectivity index (χ0) is 26.7. The number of nitrogens with zero attached hydrogens (tertiary/aromatic N) is 2. The van der Waals surface area contributed by atoms with Crippen molar-refractivity contribution < 1.29 is 22.7 Å². The number of hydrogen-bond acceptors (Lipinski definition) is 5. The number of sulfonamides is 1. The van der Waals surface area contributed by atoms with Gasteiger partial charge >= 0.3 is 0 Å². The van der Waals surface area contributed by atoms with E-state index in [9.17, 15) is 18.0 Å². The van der Waals surface area contributed by atoms with E-state index in [-0.39, 0.29) is 30.8 Å². The summed E-state index contributed by atoms with van der Waals surface area (Å²) < 4.78 is 32.1. The number of hydrogen-bond donors (Lipinski definition) is 1. The smallest absolute Gasteiger partial charge is 0.243 e. The quantitative estimate of drug-likeness (QED) is 0.409. The van der Waals surface area contributed by atoms with E-state index in [1.807, 2.05) is 58.0 Å². The van der Waals surface area contributed by atoms with Crippen LogP contribution in [0, 0.1) is 0 Å². The molecule has 0 saturated heterocycles. The second-order valence-corrected chi connectivity index (χ2v) is 10.8. The summed E-state index contributed by atoms with van der Waals surface area (Å²) in [6.45, 7) is 8.29. The van der Waals surface area contributed by atoms with Gasteiger partial charge in [-0.2, -0.15) is 0 Å². The van der Waals surface area contributed by atoms with Crippen LogP contribution in [0.25, 0.3) is 0 Å². The standard InChI is InChI=1S/C27H39N3O5S/c1-6-23(27(32)28-21(3)4)29(20-22-14-9-8-10-15-22)26(31)18-13-19-30(36(5,33)34)24-16-11-12-17-25(24)35-7-2/h8-12,14-17,21,23H,6-7,13,18-20H2,1-5H3,(H,28,32). The predicted octanol–water partition coefficient (Wildman–Crippen LogP) is 3.96. The van der Waals surface area contributed by atoms with Crippen molar-refractivity contribution in [3.63, 3.8) is 0 Å². The van der Waals surface area contributed by atoms with E-state index in [0.29, 0.717) is 37.4 Å². The third-order valence-corrected chi connectivity index (χ3v) is 6.78. The Morgan fingerprint density at radius 2 is 1.64 bits per heavy atom. The molecule has 0 saturated carbocycles. The van der Waals surface area contributed by atoms with Gasteiger partial charge in [-0.15, -0.1) is 0 Å². The van der Waals surface area contributed by atoms with Gasteiger partial charge < -0.3 is 15.0 Å². The van der Waals surface area contributed by atoms with Crippen molar-refractivity contribution >= 4 is 27.5 Å². The van der Waals surface area contributed by atoms with E-state index >= 15 is 0 Å². The summed E-state index contributed by atoms with van der Waals surface area (Å²) in [5.74, 6) is 0.0789. The third kappa shape index (κ3) is 8.55. The van der Waals surface area contributed by atoms with Crippen molar-refractivity contribution in [3.8, 4) is 5.75 Å². The summed E-state index contributed by atoms with van der Waals surface area (Å²) in [7, 11) is -3.61. The SMILES string of the molecule is CCOc1ccccc1N(CCCC(=O)N(Cc1ccccc1)C(CC)C(=O)NC(C)C)S(C)(=O)=O. The van der Waals surface area contributed by atoms with Gasteiger partial charge in [-0.25, -0.2) is 8.42 Å². The Labute approximate surface area is 215 Å². The molecule has 0 aromatic heterocycles. The van der Waals surface area contributed by atoms with E-state index in [0.717, 1.165) is 11.8 Å². The van der Waals surface area contributed by atoms with Crippen LogP contribution in [0.4, 0.5) is 5.69 Å². The fraction of sp³-hybridized carbons (Fsp3) is 0.481. The molecule has 0 aliphatic rings. The molecule has 2 aromatic carbocycles. The molecule has 0 heterocycles. The summed E-state index contributed by atoms with van der Waals surface area (Å²) in [6.07, 6.45) is 2.00. The molecular weight excluding hydrogens is 478 g/mol. The van der Waals surface area contributed by atoms with Gasteiger partial charge in [-0.1, -0.05) is 49.4 Å². The molecule has 1 N–H and O–H groups in total. The molecule has 2 aromatic rings. The summed E-state index contributed by atoms with van der Waals surface area (Å²) in [4.78, 5) is 27.9. The average molecular weight is 518 g/mol. The highest BCUT2D eigenvalue weighted by Gasteiger charge is 2.29. The molecule has 198 valence electrons. The lowest BCUT2D eigenvalue weighted by Gasteiger charge is -2.31. The zero-order valence-corrected chi connectivity index (χ0v) is 22.8. The third-order valence-electron chi connectivity index (χ3n) is 5.60. The topological polar surface area (TPSA) is 96.0 Å². The van der Waals surface area contributed by atoms with Gasteiger partial charge in [0.15, 0.2) is 0 Å². The molecule has 36 heavy (non-hydrogen) atoms. The Bertz CT molecular complexity index is 1090. The highest BCUT2D eigenvalue weighted by Crippen LogP contribution is 2.30. The Balaban J connectivity index is 2.22. The number of rotatable bonds is 14. The highest BCUT2D eigenvalue weighted by molar-refractivity contribution is 7.92. The second-order valence-electron chi connectivity index (χ2n) is 8.93. The average Bonchev–Trinajstić information content (AvgIpc) is 2.82. The molecule has 1 atom stereocenters. The lowest BCUT2D eigenvalue weighted by molar-refractivity contribution is -0.141. The van der Waals surface area contributed by atoms with Crippen molar-refractivity contribution in [1.82, 2.24) is 10.2 Å². The van der Waals surface area contributed by atoms with E-state index in [1.165, 1.54) is 4.31 Å². The van der Waals surface area contributed by atoms with Crippen LogP contribution in [0.15, 0.2) is 54.6 Å². The van der Waals surface area contributed by atoms with E-state index in [1.54, 1.807) is 29.2 Å². The Kier molecular flexibility index (Phi) is 11.2. The lowest BCUT2D eigenvalue weighted by Crippen LogP contribution is -2.50. The van der Waals surface area contributed by atoms with Gasteiger partial charge in [-0.3, -0.25) is 13.9 Å². The van der Waals surface area contributed by atoms with Crippen LogP contribution in [0.3, 0.4) is 0 Å². The van der Waals surface area contributed by atoms with E-state index in [2.05, 4.69) is 5.32 Å². The van der Waals surface area contributed by atoms with Crippen molar-refractivity contribution in [3.05, 3.63) is 60.2 Å². The van der Waals surface area contributed by atoms with Crippen LogP contribution in [-0.4, -0.2) is 56.6 Å².